The van der Waals surface area contributed by atoms with Crippen molar-refractivity contribution >= 4 is 16.9 Å². The van der Waals surface area contributed by atoms with Crippen LogP contribution in [0.15, 0.2) is 41.3 Å². The molecule has 0 aliphatic carbocycles. The minimum atomic E-state index is -1.35. The lowest BCUT2D eigenvalue weighted by molar-refractivity contribution is 0.0694. The Kier molecular flexibility index (Phi) is 5.70. The number of ether oxygens (including phenoxy) is 1. The summed E-state index contributed by atoms with van der Waals surface area (Å²) in [5, 5.41) is 19.2. The first-order valence-corrected chi connectivity index (χ1v) is 9.12. The first-order chi connectivity index (χ1) is 13.8. The molecule has 0 aliphatic heterocycles. The van der Waals surface area contributed by atoms with Gasteiger partial charge in [0.15, 0.2) is 0 Å². The highest BCUT2D eigenvalue weighted by Gasteiger charge is 2.20. The van der Waals surface area contributed by atoms with Crippen LogP contribution < -0.4 is 10.2 Å². The van der Waals surface area contributed by atoms with Gasteiger partial charge >= 0.3 is 5.97 Å². The van der Waals surface area contributed by atoms with Crippen molar-refractivity contribution in [2.24, 2.45) is 0 Å². The third-order valence-corrected chi connectivity index (χ3v) is 5.06. The fourth-order valence-electron chi connectivity index (χ4n) is 3.40. The molecule has 152 valence electrons. The molecule has 0 bridgehead atoms. The Labute approximate surface area is 166 Å². The number of methoxy groups -OCH3 is 1. The van der Waals surface area contributed by atoms with Crippen LogP contribution in [0.3, 0.4) is 0 Å². The van der Waals surface area contributed by atoms with Gasteiger partial charge in [0.05, 0.1) is 25.3 Å². The maximum absolute atomic E-state index is 14.5. The van der Waals surface area contributed by atoms with Crippen molar-refractivity contribution in [1.29, 1.82) is 0 Å². The number of aromatic carboxylic acids is 1. The fraction of sp³-hybridized carbons (Fsp3) is 0.273. The molecular formula is C22H22FNO5. The van der Waals surface area contributed by atoms with E-state index in [1.807, 2.05) is 0 Å². The van der Waals surface area contributed by atoms with E-state index in [2.05, 4.69) is 0 Å². The standard InChI is InChI=1S/C22H22FNO5/c1-12-5-4-6-14(20(12)23)7-15-8-16-18(9-19(15)29-3)24(13(2)11-25)10-17(21(16)26)22(27)28/h4-6,8-10,13,25H,7,11H2,1-3H3,(H,27,28). The molecule has 1 heterocycles. The highest BCUT2D eigenvalue weighted by molar-refractivity contribution is 5.93. The van der Waals surface area contributed by atoms with Gasteiger partial charge in [0.25, 0.3) is 0 Å². The predicted octanol–water partition coefficient (Wildman–Crippen LogP) is 3.30. The van der Waals surface area contributed by atoms with Crippen LogP contribution in [0.25, 0.3) is 10.9 Å². The number of fused-ring (bicyclic) bond motifs is 1. The maximum Gasteiger partial charge on any atom is 0.341 e. The van der Waals surface area contributed by atoms with Gasteiger partial charge < -0.3 is 19.5 Å². The maximum atomic E-state index is 14.5. The number of carbonyl (C=O) groups is 1. The zero-order valence-corrected chi connectivity index (χ0v) is 16.4. The van der Waals surface area contributed by atoms with Crippen LogP contribution in [0.1, 0.15) is 40.0 Å². The van der Waals surface area contributed by atoms with Crippen LogP contribution in [0, 0.1) is 12.7 Å². The topological polar surface area (TPSA) is 88.8 Å². The molecule has 0 radical (unpaired) electrons. The molecule has 3 rings (SSSR count). The SMILES string of the molecule is COc1cc2c(cc1Cc1cccc(C)c1F)c(=O)c(C(=O)O)cn2C(C)CO. The zero-order valence-electron chi connectivity index (χ0n) is 16.4. The van der Waals surface area contributed by atoms with Gasteiger partial charge in [-0.15, -0.1) is 0 Å². The molecule has 0 amide bonds. The number of aromatic nitrogens is 1. The van der Waals surface area contributed by atoms with Crippen molar-refractivity contribution < 1.29 is 24.1 Å². The van der Waals surface area contributed by atoms with Gasteiger partial charge in [-0.1, -0.05) is 18.2 Å². The number of aryl methyl sites for hydroxylation is 1. The summed E-state index contributed by atoms with van der Waals surface area (Å²) in [4.78, 5) is 24.3. The Morgan fingerprint density at radius 1 is 1.28 bits per heavy atom. The summed E-state index contributed by atoms with van der Waals surface area (Å²) in [5.41, 5.74) is 0.924. The van der Waals surface area contributed by atoms with Crippen LogP contribution in [0.2, 0.25) is 0 Å². The van der Waals surface area contributed by atoms with Gasteiger partial charge in [0.1, 0.15) is 17.1 Å². The van der Waals surface area contributed by atoms with Crippen LogP contribution in [0.5, 0.6) is 5.75 Å². The lowest BCUT2D eigenvalue weighted by Crippen LogP contribution is -2.22. The quantitative estimate of drug-likeness (QED) is 0.664. The highest BCUT2D eigenvalue weighted by Crippen LogP contribution is 2.29. The van der Waals surface area contributed by atoms with E-state index in [1.54, 1.807) is 48.7 Å². The van der Waals surface area contributed by atoms with Crippen molar-refractivity contribution in [3.8, 4) is 5.75 Å². The molecule has 29 heavy (non-hydrogen) atoms. The molecule has 1 aromatic heterocycles. The summed E-state index contributed by atoms with van der Waals surface area (Å²) >= 11 is 0. The number of benzene rings is 2. The molecule has 6 nitrogen and oxygen atoms in total. The first kappa shape index (κ1) is 20.5. The third-order valence-electron chi connectivity index (χ3n) is 5.06. The van der Waals surface area contributed by atoms with E-state index in [0.29, 0.717) is 28.0 Å². The van der Waals surface area contributed by atoms with Crippen molar-refractivity contribution in [2.45, 2.75) is 26.3 Å². The summed E-state index contributed by atoms with van der Waals surface area (Å²) in [6.45, 7) is 3.14. The number of hydrogen-bond acceptors (Lipinski definition) is 4. The highest BCUT2D eigenvalue weighted by atomic mass is 19.1. The molecule has 2 aromatic carbocycles. The van der Waals surface area contributed by atoms with Crippen molar-refractivity contribution in [1.82, 2.24) is 4.57 Å². The van der Waals surface area contributed by atoms with E-state index in [-0.39, 0.29) is 24.2 Å². The number of pyridine rings is 1. The molecule has 0 spiro atoms. The Hall–Kier alpha value is -3.19. The number of aliphatic hydroxyl groups is 1. The first-order valence-electron chi connectivity index (χ1n) is 9.12. The van der Waals surface area contributed by atoms with Crippen molar-refractivity contribution in [2.75, 3.05) is 13.7 Å². The molecule has 0 saturated heterocycles. The summed E-state index contributed by atoms with van der Waals surface area (Å²) < 4.78 is 21.5. The van der Waals surface area contributed by atoms with Gasteiger partial charge in [0, 0.05) is 24.1 Å². The molecule has 0 fully saturated rings. The van der Waals surface area contributed by atoms with Crippen molar-refractivity contribution in [3.05, 3.63) is 74.8 Å². The molecule has 7 heteroatoms. The van der Waals surface area contributed by atoms with Gasteiger partial charge in [-0.25, -0.2) is 9.18 Å². The van der Waals surface area contributed by atoms with Gasteiger partial charge in [0.2, 0.25) is 5.43 Å². The van der Waals surface area contributed by atoms with E-state index in [4.69, 9.17) is 4.74 Å². The number of carboxylic acid groups (broad SMARTS) is 1. The summed E-state index contributed by atoms with van der Waals surface area (Å²) in [7, 11) is 1.47. The van der Waals surface area contributed by atoms with Crippen LogP contribution in [0.4, 0.5) is 4.39 Å². The number of nitrogens with zero attached hydrogens (tertiary/aromatic N) is 1. The Balaban J connectivity index is 2.30. The largest absolute Gasteiger partial charge is 0.496 e. The third kappa shape index (κ3) is 3.73. The molecule has 1 unspecified atom stereocenters. The van der Waals surface area contributed by atoms with Gasteiger partial charge in [-0.05, 0) is 36.6 Å². The molecular weight excluding hydrogens is 377 g/mol. The Morgan fingerprint density at radius 3 is 2.62 bits per heavy atom. The normalized spacial score (nSPS) is 12.2. The fourth-order valence-corrected chi connectivity index (χ4v) is 3.40. The lowest BCUT2D eigenvalue weighted by Gasteiger charge is -2.19. The second-order valence-electron chi connectivity index (χ2n) is 7.02. The van der Waals surface area contributed by atoms with E-state index in [1.165, 1.54) is 13.3 Å². The summed E-state index contributed by atoms with van der Waals surface area (Å²) in [6, 6.07) is 7.79. The van der Waals surface area contributed by atoms with Crippen LogP contribution >= 0.6 is 0 Å². The van der Waals surface area contributed by atoms with Gasteiger partial charge in [-0.3, -0.25) is 4.79 Å². The molecule has 2 N–H and O–H groups in total. The summed E-state index contributed by atoms with van der Waals surface area (Å²) in [5.74, 6) is -1.24. The van der Waals surface area contributed by atoms with E-state index < -0.39 is 23.0 Å². The minimum absolute atomic E-state index is 0.175. The van der Waals surface area contributed by atoms with E-state index >= 15 is 0 Å². The average Bonchev–Trinajstić information content (AvgIpc) is 2.70. The molecule has 0 aliphatic rings. The lowest BCUT2D eigenvalue weighted by atomic mass is 9.99. The Morgan fingerprint density at radius 2 is 2.00 bits per heavy atom. The number of rotatable bonds is 6. The van der Waals surface area contributed by atoms with Crippen LogP contribution in [-0.4, -0.2) is 34.5 Å². The Bertz CT molecular complexity index is 1150. The van der Waals surface area contributed by atoms with Crippen LogP contribution in [-0.2, 0) is 6.42 Å². The van der Waals surface area contributed by atoms with E-state index in [0.717, 1.165) is 0 Å². The number of hydrogen-bond donors (Lipinski definition) is 2. The average molecular weight is 399 g/mol. The van der Waals surface area contributed by atoms with Gasteiger partial charge in [-0.2, -0.15) is 0 Å². The molecule has 0 saturated carbocycles. The summed E-state index contributed by atoms with van der Waals surface area (Å²) in [6.07, 6.45) is 1.41. The zero-order chi connectivity index (χ0) is 21.3. The monoisotopic (exact) mass is 399 g/mol. The smallest absolute Gasteiger partial charge is 0.341 e. The molecule has 1 atom stereocenters. The minimum Gasteiger partial charge on any atom is -0.496 e. The predicted molar refractivity (Wildman–Crippen MR) is 107 cm³/mol. The van der Waals surface area contributed by atoms with E-state index in [9.17, 15) is 24.2 Å². The number of carboxylic acids is 1. The second kappa shape index (κ2) is 8.05. The second-order valence-corrected chi connectivity index (χ2v) is 7.02. The van der Waals surface area contributed by atoms with Crippen molar-refractivity contribution in [3.63, 3.8) is 0 Å². The number of halogens is 1. The number of aliphatic hydroxyl groups excluding tert-OH is 1. The molecule has 3 aromatic rings.